The fraction of sp³-hybridized carbons (Fsp3) is 0.231. The molecule has 4 rings (SSSR count). The molecule has 3 amide bonds. The fourth-order valence-electron chi connectivity index (χ4n) is 3.99. The van der Waals surface area contributed by atoms with Crippen molar-refractivity contribution < 1.29 is 9.59 Å². The van der Waals surface area contributed by atoms with Gasteiger partial charge in [-0.25, -0.2) is 4.79 Å². The Kier molecular flexibility index (Phi) is 7.29. The van der Waals surface area contributed by atoms with Crippen molar-refractivity contribution in [3.63, 3.8) is 0 Å². The summed E-state index contributed by atoms with van der Waals surface area (Å²) in [5, 5.41) is 8.76. The summed E-state index contributed by atoms with van der Waals surface area (Å²) in [7, 11) is 0. The third-order valence-electron chi connectivity index (χ3n) is 5.68. The van der Waals surface area contributed by atoms with E-state index in [1.54, 1.807) is 6.07 Å². The summed E-state index contributed by atoms with van der Waals surface area (Å²) in [4.78, 5) is 28.1. The zero-order valence-electron chi connectivity index (χ0n) is 18.5. The molecule has 3 N–H and O–H groups in total. The molecule has 0 saturated carbocycles. The first-order chi connectivity index (χ1) is 16.0. The van der Waals surface area contributed by atoms with Gasteiger partial charge in [-0.1, -0.05) is 52.3 Å². The highest BCUT2D eigenvalue weighted by molar-refractivity contribution is 9.10. The van der Waals surface area contributed by atoms with Crippen molar-refractivity contribution in [2.24, 2.45) is 0 Å². The van der Waals surface area contributed by atoms with Crippen LogP contribution in [0.1, 0.15) is 41.7 Å². The van der Waals surface area contributed by atoms with E-state index in [-0.39, 0.29) is 18.0 Å². The minimum atomic E-state index is -0.369. The standard InChI is InChI=1S/C26H27BrN4O2/c1-18(19-8-3-2-4-9-19)28-25(32)23-17-22(12-13-24(23)31-14-5-6-15-31)30-26(33)29-21-11-7-10-20(27)16-21/h2-4,7-13,16-18H,5-6,14-15H2,1H3,(H,28,32)(H2,29,30,33). The highest BCUT2D eigenvalue weighted by atomic mass is 79.9. The average molecular weight is 507 g/mol. The third-order valence-corrected chi connectivity index (χ3v) is 6.17. The lowest BCUT2D eigenvalue weighted by atomic mass is 10.1. The maximum atomic E-state index is 13.3. The number of nitrogens with zero attached hydrogens (tertiary/aromatic N) is 1. The van der Waals surface area contributed by atoms with Crippen LogP contribution in [-0.2, 0) is 0 Å². The lowest BCUT2D eigenvalue weighted by Gasteiger charge is -2.23. The Morgan fingerprint density at radius 1 is 0.879 bits per heavy atom. The minimum Gasteiger partial charge on any atom is -0.371 e. The molecule has 170 valence electrons. The van der Waals surface area contributed by atoms with Crippen molar-refractivity contribution >= 4 is 44.9 Å². The van der Waals surface area contributed by atoms with Crippen molar-refractivity contribution in [3.05, 3.63) is 88.4 Å². The van der Waals surface area contributed by atoms with Gasteiger partial charge in [0.1, 0.15) is 0 Å². The SMILES string of the molecule is CC(NC(=O)c1cc(NC(=O)Nc2cccc(Br)c2)ccc1N1CCCC1)c1ccccc1. The number of halogens is 1. The van der Waals surface area contributed by atoms with Crippen LogP contribution in [0.3, 0.4) is 0 Å². The van der Waals surface area contributed by atoms with Gasteiger partial charge >= 0.3 is 6.03 Å². The number of hydrogen-bond donors (Lipinski definition) is 3. The lowest BCUT2D eigenvalue weighted by Crippen LogP contribution is -2.30. The molecule has 3 aromatic carbocycles. The molecular weight excluding hydrogens is 480 g/mol. The number of carbonyl (C=O) groups excluding carboxylic acids is 2. The van der Waals surface area contributed by atoms with Crippen LogP contribution in [0.15, 0.2) is 77.3 Å². The molecule has 1 heterocycles. The van der Waals surface area contributed by atoms with Gasteiger partial charge < -0.3 is 20.9 Å². The molecule has 0 bridgehead atoms. The molecule has 3 aromatic rings. The molecular formula is C26H27BrN4O2. The molecule has 1 fully saturated rings. The Hall–Kier alpha value is -3.32. The number of benzene rings is 3. The molecule has 0 spiro atoms. The second kappa shape index (κ2) is 10.5. The van der Waals surface area contributed by atoms with E-state index in [4.69, 9.17) is 0 Å². The predicted octanol–water partition coefficient (Wildman–Crippen LogP) is 6.18. The summed E-state index contributed by atoms with van der Waals surface area (Å²) in [5.41, 5.74) is 3.72. The van der Waals surface area contributed by atoms with Crippen LogP contribution in [0.5, 0.6) is 0 Å². The van der Waals surface area contributed by atoms with Crippen LogP contribution in [0.2, 0.25) is 0 Å². The number of rotatable bonds is 6. The molecule has 1 aliphatic rings. The van der Waals surface area contributed by atoms with Gasteiger partial charge in [-0.15, -0.1) is 0 Å². The van der Waals surface area contributed by atoms with Crippen LogP contribution >= 0.6 is 15.9 Å². The number of nitrogens with one attached hydrogen (secondary N) is 3. The van der Waals surface area contributed by atoms with Crippen LogP contribution in [0.4, 0.5) is 21.9 Å². The van der Waals surface area contributed by atoms with Crippen LogP contribution < -0.4 is 20.9 Å². The number of anilines is 3. The van der Waals surface area contributed by atoms with Gasteiger partial charge in [0.05, 0.1) is 11.6 Å². The second-order valence-corrected chi connectivity index (χ2v) is 9.04. The van der Waals surface area contributed by atoms with Crippen molar-refractivity contribution in [2.45, 2.75) is 25.8 Å². The van der Waals surface area contributed by atoms with E-state index in [1.165, 1.54) is 0 Å². The quantitative estimate of drug-likeness (QED) is 0.373. The van der Waals surface area contributed by atoms with Crippen molar-refractivity contribution in [3.8, 4) is 0 Å². The van der Waals surface area contributed by atoms with Gasteiger partial charge in [0.15, 0.2) is 0 Å². The zero-order chi connectivity index (χ0) is 23.2. The van der Waals surface area contributed by atoms with Gasteiger partial charge in [-0.3, -0.25) is 4.79 Å². The lowest BCUT2D eigenvalue weighted by molar-refractivity contribution is 0.0940. The van der Waals surface area contributed by atoms with E-state index in [2.05, 4.69) is 36.8 Å². The summed E-state index contributed by atoms with van der Waals surface area (Å²) < 4.78 is 0.877. The Morgan fingerprint density at radius 2 is 1.58 bits per heavy atom. The van der Waals surface area contributed by atoms with Gasteiger partial charge in [0.2, 0.25) is 0 Å². The zero-order valence-corrected chi connectivity index (χ0v) is 20.1. The second-order valence-electron chi connectivity index (χ2n) is 8.12. The first kappa shape index (κ1) is 22.9. The van der Waals surface area contributed by atoms with E-state index in [1.807, 2.05) is 73.7 Å². The van der Waals surface area contributed by atoms with Gasteiger partial charge in [-0.05, 0) is 61.7 Å². The Bertz CT molecular complexity index is 1130. The number of urea groups is 1. The van der Waals surface area contributed by atoms with E-state index in [9.17, 15) is 9.59 Å². The van der Waals surface area contributed by atoms with E-state index in [0.717, 1.165) is 41.7 Å². The van der Waals surface area contributed by atoms with E-state index < -0.39 is 0 Å². The predicted molar refractivity (Wildman–Crippen MR) is 137 cm³/mol. The number of carbonyl (C=O) groups is 2. The molecule has 33 heavy (non-hydrogen) atoms. The average Bonchev–Trinajstić information content (AvgIpc) is 3.34. The van der Waals surface area contributed by atoms with Crippen molar-refractivity contribution in [1.82, 2.24) is 5.32 Å². The van der Waals surface area contributed by atoms with Gasteiger partial charge in [-0.2, -0.15) is 0 Å². The minimum absolute atomic E-state index is 0.137. The summed E-state index contributed by atoms with van der Waals surface area (Å²) in [6.07, 6.45) is 2.22. The third kappa shape index (κ3) is 5.93. The Labute approximate surface area is 202 Å². The molecule has 0 radical (unpaired) electrons. The van der Waals surface area contributed by atoms with Crippen LogP contribution in [0.25, 0.3) is 0 Å². The van der Waals surface area contributed by atoms with Crippen molar-refractivity contribution in [1.29, 1.82) is 0 Å². The molecule has 6 nitrogen and oxygen atoms in total. The fourth-order valence-corrected chi connectivity index (χ4v) is 4.39. The van der Waals surface area contributed by atoms with Gasteiger partial charge in [0, 0.05) is 34.6 Å². The summed E-state index contributed by atoms with van der Waals surface area (Å²) in [6.45, 7) is 3.81. The summed E-state index contributed by atoms with van der Waals surface area (Å²) in [6, 6.07) is 22.2. The number of hydrogen-bond acceptors (Lipinski definition) is 3. The topological polar surface area (TPSA) is 73.5 Å². The molecule has 1 unspecified atom stereocenters. The van der Waals surface area contributed by atoms with Crippen molar-refractivity contribution in [2.75, 3.05) is 28.6 Å². The maximum absolute atomic E-state index is 13.3. The highest BCUT2D eigenvalue weighted by Gasteiger charge is 2.22. The van der Waals surface area contributed by atoms with Gasteiger partial charge in [0.25, 0.3) is 5.91 Å². The van der Waals surface area contributed by atoms with Crippen LogP contribution in [-0.4, -0.2) is 25.0 Å². The first-order valence-electron chi connectivity index (χ1n) is 11.1. The normalized spacial score (nSPS) is 13.9. The monoisotopic (exact) mass is 506 g/mol. The molecule has 0 aliphatic carbocycles. The molecule has 7 heteroatoms. The molecule has 0 aromatic heterocycles. The summed E-state index contributed by atoms with van der Waals surface area (Å²) >= 11 is 3.40. The highest BCUT2D eigenvalue weighted by Crippen LogP contribution is 2.28. The largest absolute Gasteiger partial charge is 0.371 e. The Morgan fingerprint density at radius 3 is 2.27 bits per heavy atom. The van der Waals surface area contributed by atoms with E-state index in [0.29, 0.717) is 16.9 Å². The maximum Gasteiger partial charge on any atom is 0.323 e. The molecule has 1 aliphatic heterocycles. The molecule has 1 atom stereocenters. The van der Waals surface area contributed by atoms with E-state index >= 15 is 0 Å². The smallest absolute Gasteiger partial charge is 0.323 e. The molecule has 1 saturated heterocycles. The Balaban J connectivity index is 1.53. The first-order valence-corrected chi connectivity index (χ1v) is 11.9. The van der Waals surface area contributed by atoms with Crippen LogP contribution in [0, 0.1) is 0 Å². The number of amides is 3. The summed E-state index contributed by atoms with van der Waals surface area (Å²) in [5.74, 6) is -0.163.